The number of hydrogen-bond acceptors (Lipinski definition) is 4. The summed E-state index contributed by atoms with van der Waals surface area (Å²) in [6, 6.07) is 23.1. The summed E-state index contributed by atoms with van der Waals surface area (Å²) in [5, 5.41) is 6.48. The average Bonchev–Trinajstić information content (AvgIpc) is 3.42. The Labute approximate surface area is 240 Å². The predicted molar refractivity (Wildman–Crippen MR) is 160 cm³/mol. The van der Waals surface area contributed by atoms with Crippen molar-refractivity contribution in [2.24, 2.45) is 14.1 Å². The minimum Gasteiger partial charge on any atom is -0.490 e. The first kappa shape index (κ1) is 27.3. The van der Waals surface area contributed by atoms with E-state index in [0.717, 1.165) is 11.1 Å². The molecule has 0 spiro atoms. The molecule has 0 saturated heterocycles. The van der Waals surface area contributed by atoms with E-state index in [-0.39, 0.29) is 11.1 Å². The lowest BCUT2D eigenvalue weighted by molar-refractivity contribution is 0.286. The van der Waals surface area contributed by atoms with Gasteiger partial charge in [0, 0.05) is 20.0 Å². The maximum absolute atomic E-state index is 13.9. The SMILES string of the molecule is CCOc1cc(C(c2c(-c3ccccc3)[nH]n(C)c2=O)c2c(-c3ccccc3)[nH]n(C)c2=O)cc(Br)c1OCC. The Kier molecular flexibility index (Phi) is 7.84. The molecule has 0 amide bonds. The molecule has 0 aliphatic heterocycles. The van der Waals surface area contributed by atoms with Crippen molar-refractivity contribution < 1.29 is 9.47 Å². The maximum atomic E-state index is 13.9. The van der Waals surface area contributed by atoms with E-state index in [1.807, 2.05) is 86.6 Å². The fourth-order valence-corrected chi connectivity index (χ4v) is 5.67. The van der Waals surface area contributed by atoms with E-state index < -0.39 is 5.92 Å². The van der Waals surface area contributed by atoms with E-state index in [9.17, 15) is 9.59 Å². The molecule has 0 atom stereocenters. The number of aromatic amines is 2. The first-order chi connectivity index (χ1) is 19.3. The molecular weight excluding hydrogens is 572 g/mol. The van der Waals surface area contributed by atoms with Gasteiger partial charge in [-0.05, 0) is 58.6 Å². The van der Waals surface area contributed by atoms with Gasteiger partial charge in [-0.3, -0.25) is 29.2 Å². The van der Waals surface area contributed by atoms with E-state index in [0.29, 0.717) is 57.3 Å². The van der Waals surface area contributed by atoms with Crippen LogP contribution in [0, 0.1) is 0 Å². The molecule has 8 nitrogen and oxygen atoms in total. The minimum absolute atomic E-state index is 0.228. The standard InChI is InChI=1S/C31H31BrN4O4/c1-5-39-23-18-21(17-22(32)29(23)40-6-2)24(25-27(33-35(3)30(25)37)19-13-9-7-10-14-19)26-28(34-36(4)31(26)38)20-15-11-8-12-16-20/h7-18,24,33-34H,5-6H2,1-4H3. The third kappa shape index (κ3) is 4.93. The van der Waals surface area contributed by atoms with Gasteiger partial charge >= 0.3 is 0 Å². The maximum Gasteiger partial charge on any atom is 0.271 e. The second kappa shape index (κ2) is 11.5. The van der Waals surface area contributed by atoms with Gasteiger partial charge in [0.05, 0.1) is 40.2 Å². The normalized spacial score (nSPS) is 11.2. The number of aryl methyl sites for hydroxylation is 2. The molecule has 5 aromatic rings. The van der Waals surface area contributed by atoms with Crippen molar-refractivity contribution >= 4 is 15.9 Å². The molecule has 9 heteroatoms. The van der Waals surface area contributed by atoms with Gasteiger partial charge in [0.2, 0.25) is 0 Å². The topological polar surface area (TPSA) is 94.0 Å². The predicted octanol–water partition coefficient (Wildman–Crippen LogP) is 5.81. The highest BCUT2D eigenvalue weighted by Crippen LogP contribution is 2.44. The Bertz CT molecular complexity index is 1650. The Morgan fingerprint density at radius 3 is 1.68 bits per heavy atom. The van der Waals surface area contributed by atoms with Gasteiger partial charge in [-0.1, -0.05) is 60.7 Å². The lowest BCUT2D eigenvalue weighted by Crippen LogP contribution is -2.24. The van der Waals surface area contributed by atoms with Crippen LogP contribution in [0.4, 0.5) is 0 Å². The molecule has 0 aliphatic rings. The summed E-state index contributed by atoms with van der Waals surface area (Å²) >= 11 is 3.67. The zero-order valence-corrected chi connectivity index (χ0v) is 24.4. The van der Waals surface area contributed by atoms with Gasteiger partial charge in [-0.2, -0.15) is 0 Å². The Hall–Kier alpha value is -4.24. The molecule has 40 heavy (non-hydrogen) atoms. The van der Waals surface area contributed by atoms with Crippen LogP contribution >= 0.6 is 15.9 Å². The van der Waals surface area contributed by atoms with Crippen LogP contribution in [0.2, 0.25) is 0 Å². The number of hydrogen-bond donors (Lipinski definition) is 2. The number of ether oxygens (including phenoxy) is 2. The number of nitrogens with zero attached hydrogens (tertiary/aromatic N) is 2. The summed E-state index contributed by atoms with van der Waals surface area (Å²) in [6.07, 6.45) is 0. The van der Waals surface area contributed by atoms with Crippen LogP contribution < -0.4 is 20.6 Å². The fraction of sp³-hybridized carbons (Fsp3) is 0.226. The summed E-state index contributed by atoms with van der Waals surface area (Å²) in [6.45, 7) is 4.68. The van der Waals surface area contributed by atoms with Crippen molar-refractivity contribution in [2.75, 3.05) is 13.2 Å². The van der Waals surface area contributed by atoms with Gasteiger partial charge in [0.25, 0.3) is 11.1 Å². The van der Waals surface area contributed by atoms with Crippen molar-refractivity contribution in [3.63, 3.8) is 0 Å². The average molecular weight is 604 g/mol. The number of aromatic nitrogens is 4. The van der Waals surface area contributed by atoms with Crippen LogP contribution in [0.25, 0.3) is 22.5 Å². The molecule has 2 heterocycles. The summed E-state index contributed by atoms with van der Waals surface area (Å²) in [5.74, 6) is 0.356. The smallest absolute Gasteiger partial charge is 0.271 e. The number of nitrogens with one attached hydrogen (secondary N) is 2. The molecule has 2 N–H and O–H groups in total. The van der Waals surface area contributed by atoms with E-state index in [4.69, 9.17) is 9.47 Å². The van der Waals surface area contributed by atoms with Crippen LogP contribution in [0.3, 0.4) is 0 Å². The summed E-state index contributed by atoms with van der Waals surface area (Å²) in [4.78, 5) is 27.9. The van der Waals surface area contributed by atoms with Gasteiger partial charge in [-0.25, -0.2) is 0 Å². The summed E-state index contributed by atoms with van der Waals surface area (Å²) < 4.78 is 15.5. The molecule has 2 aromatic heterocycles. The number of benzene rings is 3. The van der Waals surface area contributed by atoms with Crippen LogP contribution in [0.5, 0.6) is 11.5 Å². The van der Waals surface area contributed by atoms with Gasteiger partial charge in [-0.15, -0.1) is 0 Å². The highest BCUT2D eigenvalue weighted by Gasteiger charge is 2.33. The zero-order chi connectivity index (χ0) is 28.4. The van der Waals surface area contributed by atoms with Crippen molar-refractivity contribution in [1.82, 2.24) is 19.6 Å². The van der Waals surface area contributed by atoms with E-state index in [1.54, 1.807) is 14.1 Å². The van der Waals surface area contributed by atoms with Gasteiger partial charge < -0.3 is 9.47 Å². The van der Waals surface area contributed by atoms with E-state index in [1.165, 1.54) is 9.36 Å². The molecule has 0 bridgehead atoms. The lowest BCUT2D eigenvalue weighted by Gasteiger charge is -2.21. The number of halogens is 1. The van der Waals surface area contributed by atoms with E-state index in [2.05, 4.69) is 26.1 Å². The molecule has 0 unspecified atom stereocenters. The molecule has 5 rings (SSSR count). The first-order valence-electron chi connectivity index (χ1n) is 13.1. The van der Waals surface area contributed by atoms with Crippen LogP contribution in [-0.2, 0) is 14.1 Å². The highest BCUT2D eigenvalue weighted by atomic mass is 79.9. The largest absolute Gasteiger partial charge is 0.490 e. The van der Waals surface area contributed by atoms with Crippen molar-refractivity contribution in [1.29, 1.82) is 0 Å². The second-order valence-electron chi connectivity index (χ2n) is 9.39. The highest BCUT2D eigenvalue weighted by molar-refractivity contribution is 9.10. The van der Waals surface area contributed by atoms with E-state index >= 15 is 0 Å². The number of H-pyrrole nitrogens is 2. The minimum atomic E-state index is -0.744. The second-order valence-corrected chi connectivity index (χ2v) is 10.2. The molecule has 0 radical (unpaired) electrons. The molecule has 3 aromatic carbocycles. The van der Waals surface area contributed by atoms with Gasteiger partial charge in [0.15, 0.2) is 11.5 Å². The Balaban J connectivity index is 1.89. The van der Waals surface area contributed by atoms with Crippen molar-refractivity contribution in [3.8, 4) is 34.0 Å². The monoisotopic (exact) mass is 602 g/mol. The zero-order valence-electron chi connectivity index (χ0n) is 22.8. The summed E-state index contributed by atoms with van der Waals surface area (Å²) in [7, 11) is 3.37. The molecular formula is C31H31BrN4O4. The molecule has 0 aliphatic carbocycles. The van der Waals surface area contributed by atoms with Crippen LogP contribution in [0.1, 0.15) is 36.5 Å². The molecule has 206 valence electrons. The Morgan fingerprint density at radius 2 is 1.23 bits per heavy atom. The Morgan fingerprint density at radius 1 is 0.750 bits per heavy atom. The number of rotatable bonds is 9. The van der Waals surface area contributed by atoms with Crippen molar-refractivity contribution in [3.05, 3.63) is 115 Å². The van der Waals surface area contributed by atoms with Crippen LogP contribution in [-0.4, -0.2) is 32.8 Å². The first-order valence-corrected chi connectivity index (χ1v) is 13.9. The molecule has 0 saturated carbocycles. The fourth-order valence-electron chi connectivity index (χ4n) is 5.10. The third-order valence-electron chi connectivity index (χ3n) is 6.82. The van der Waals surface area contributed by atoms with Crippen molar-refractivity contribution in [2.45, 2.75) is 19.8 Å². The van der Waals surface area contributed by atoms with Gasteiger partial charge in [0.1, 0.15) is 0 Å². The quantitative estimate of drug-likeness (QED) is 0.222. The molecule has 0 fully saturated rings. The van der Waals surface area contributed by atoms with Crippen LogP contribution in [0.15, 0.2) is 86.9 Å². The summed E-state index contributed by atoms with van der Waals surface area (Å²) in [5.41, 5.74) is 4.13. The third-order valence-corrected chi connectivity index (χ3v) is 7.41. The lowest BCUT2D eigenvalue weighted by atomic mass is 9.83.